The highest BCUT2D eigenvalue weighted by Gasteiger charge is 2.22. The number of aromatic nitrogens is 3. The molecule has 6 nitrogen and oxygen atoms in total. The lowest BCUT2D eigenvalue weighted by Crippen LogP contribution is -2.18. The van der Waals surface area contributed by atoms with E-state index < -0.39 is 5.78 Å². The maximum atomic E-state index is 12.8. The number of benzene rings is 1. The second kappa shape index (κ2) is 6.01. The van der Waals surface area contributed by atoms with E-state index >= 15 is 0 Å². The number of carbonyl (C=O) groups excluding carboxylic acids is 1. The smallest absolute Gasteiger partial charge is 0.230 e. The summed E-state index contributed by atoms with van der Waals surface area (Å²) >= 11 is 5.09. The van der Waals surface area contributed by atoms with Crippen LogP contribution in [-0.2, 0) is 0 Å². The molecule has 2 heterocycles. The Balaban J connectivity index is 2.10. The van der Waals surface area contributed by atoms with Crippen molar-refractivity contribution in [3.05, 3.63) is 51.6 Å². The third-order valence-electron chi connectivity index (χ3n) is 3.91. The van der Waals surface area contributed by atoms with Gasteiger partial charge in [-0.3, -0.25) is 15.2 Å². The molecule has 3 rings (SSSR count). The van der Waals surface area contributed by atoms with Crippen LogP contribution in [0.25, 0.3) is 11.0 Å². The van der Waals surface area contributed by atoms with Gasteiger partial charge in [-0.05, 0) is 32.1 Å². The summed E-state index contributed by atoms with van der Waals surface area (Å²) in [6.07, 6.45) is 1.58. The second-order valence-electron chi connectivity index (χ2n) is 5.46. The molecule has 0 aliphatic heterocycles. The number of ether oxygens (including phenoxy) is 1. The van der Waals surface area contributed by atoms with Crippen molar-refractivity contribution in [3.63, 3.8) is 0 Å². The molecule has 0 spiro atoms. The Bertz CT molecular complexity index is 1030. The highest BCUT2D eigenvalue weighted by Crippen LogP contribution is 2.25. The van der Waals surface area contributed by atoms with Crippen LogP contribution in [0.4, 0.5) is 0 Å². The number of H-pyrrole nitrogens is 2. The summed E-state index contributed by atoms with van der Waals surface area (Å²) in [4.78, 5) is 23.0. The minimum Gasteiger partial charge on any atom is -0.496 e. The van der Waals surface area contributed by atoms with E-state index in [0.717, 1.165) is 11.1 Å². The Labute approximate surface area is 143 Å². The summed E-state index contributed by atoms with van der Waals surface area (Å²) in [7, 11) is 1.55. The largest absolute Gasteiger partial charge is 0.496 e. The SMILES string of the molecule is COc1c(C)cnc(C(=O)C(=N)c2cccc3[nH]c(=S)[nH]c23)c1C. The normalized spacial score (nSPS) is 10.8. The van der Waals surface area contributed by atoms with Gasteiger partial charge in [0.05, 0.1) is 18.1 Å². The van der Waals surface area contributed by atoms with Gasteiger partial charge in [0.15, 0.2) is 4.77 Å². The molecular weight excluding hydrogens is 324 g/mol. The molecule has 122 valence electrons. The van der Waals surface area contributed by atoms with Crippen LogP contribution in [-0.4, -0.2) is 33.6 Å². The first-order valence-corrected chi connectivity index (χ1v) is 7.69. The predicted molar refractivity (Wildman–Crippen MR) is 94.9 cm³/mol. The number of para-hydroxylation sites is 1. The van der Waals surface area contributed by atoms with Crippen LogP contribution in [0.5, 0.6) is 5.75 Å². The average Bonchev–Trinajstić information content (AvgIpc) is 2.94. The summed E-state index contributed by atoms with van der Waals surface area (Å²) in [6.45, 7) is 3.63. The lowest BCUT2D eigenvalue weighted by Gasteiger charge is -2.12. The van der Waals surface area contributed by atoms with E-state index in [9.17, 15) is 4.79 Å². The molecule has 0 radical (unpaired) electrons. The second-order valence-corrected chi connectivity index (χ2v) is 5.87. The molecule has 0 saturated carbocycles. The van der Waals surface area contributed by atoms with Crippen LogP contribution in [0.2, 0.25) is 0 Å². The third-order valence-corrected chi connectivity index (χ3v) is 4.11. The van der Waals surface area contributed by atoms with Gasteiger partial charge >= 0.3 is 0 Å². The van der Waals surface area contributed by atoms with E-state index in [-0.39, 0.29) is 11.4 Å². The molecule has 1 aromatic carbocycles. The fourth-order valence-electron chi connectivity index (χ4n) is 2.77. The van der Waals surface area contributed by atoms with Crippen LogP contribution < -0.4 is 4.74 Å². The molecular formula is C17H16N4O2S. The van der Waals surface area contributed by atoms with Gasteiger partial charge < -0.3 is 14.7 Å². The van der Waals surface area contributed by atoms with E-state index in [0.29, 0.717) is 27.2 Å². The number of Topliss-reactive ketones (excluding diaryl/α,β-unsaturated/α-hetero) is 1. The number of pyridine rings is 1. The van der Waals surface area contributed by atoms with Crippen molar-refractivity contribution in [3.8, 4) is 5.75 Å². The first-order valence-electron chi connectivity index (χ1n) is 7.29. The van der Waals surface area contributed by atoms with E-state index in [1.54, 1.807) is 32.4 Å². The molecule has 24 heavy (non-hydrogen) atoms. The number of rotatable bonds is 4. The quantitative estimate of drug-likeness (QED) is 0.385. The van der Waals surface area contributed by atoms with E-state index in [1.165, 1.54) is 0 Å². The molecule has 0 atom stereocenters. The molecule has 0 aliphatic rings. The van der Waals surface area contributed by atoms with Gasteiger partial charge in [0.25, 0.3) is 0 Å². The van der Waals surface area contributed by atoms with Crippen molar-refractivity contribution in [2.45, 2.75) is 13.8 Å². The molecule has 0 saturated heterocycles. The van der Waals surface area contributed by atoms with Gasteiger partial charge in [0, 0.05) is 22.9 Å². The van der Waals surface area contributed by atoms with Crippen LogP contribution in [0.3, 0.4) is 0 Å². The standard InChI is InChI=1S/C17H16N4O2S/c1-8-7-19-13(9(2)16(8)23-3)15(22)12(18)10-5-4-6-11-14(10)21-17(24)20-11/h4-7,18H,1-3H3,(H2,20,21,24). The molecule has 0 amide bonds. The number of aromatic amines is 2. The molecule has 7 heteroatoms. The Hall–Kier alpha value is -2.80. The fraction of sp³-hybridized carbons (Fsp3) is 0.176. The summed E-state index contributed by atoms with van der Waals surface area (Å²) in [6, 6.07) is 5.32. The van der Waals surface area contributed by atoms with Crippen LogP contribution >= 0.6 is 12.2 Å². The van der Waals surface area contributed by atoms with Crippen molar-refractivity contribution in [2.75, 3.05) is 7.11 Å². The van der Waals surface area contributed by atoms with Crippen molar-refractivity contribution < 1.29 is 9.53 Å². The van der Waals surface area contributed by atoms with Gasteiger partial charge in [0.2, 0.25) is 5.78 Å². The van der Waals surface area contributed by atoms with Crippen LogP contribution in [0, 0.1) is 24.0 Å². The Morgan fingerprint density at radius 3 is 2.75 bits per heavy atom. The van der Waals surface area contributed by atoms with Gasteiger partial charge in [-0.1, -0.05) is 12.1 Å². The topological polar surface area (TPSA) is 94.6 Å². The van der Waals surface area contributed by atoms with Crippen molar-refractivity contribution in [1.29, 1.82) is 5.41 Å². The first kappa shape index (κ1) is 16.1. The van der Waals surface area contributed by atoms with Gasteiger partial charge in [-0.25, -0.2) is 0 Å². The number of nitrogens with zero attached hydrogens (tertiary/aromatic N) is 1. The Morgan fingerprint density at radius 2 is 2.04 bits per heavy atom. The molecule has 0 bridgehead atoms. The summed E-state index contributed by atoms with van der Waals surface area (Å²) < 4.78 is 5.79. The van der Waals surface area contributed by atoms with E-state index in [1.807, 2.05) is 13.0 Å². The third kappa shape index (κ3) is 2.52. The number of hydrogen-bond acceptors (Lipinski definition) is 5. The zero-order chi connectivity index (χ0) is 17.4. The van der Waals surface area contributed by atoms with E-state index in [4.69, 9.17) is 22.4 Å². The van der Waals surface area contributed by atoms with Gasteiger partial charge in [0.1, 0.15) is 17.2 Å². The fourth-order valence-corrected chi connectivity index (χ4v) is 2.98. The molecule has 2 aromatic heterocycles. The maximum Gasteiger partial charge on any atom is 0.230 e. The lowest BCUT2D eigenvalue weighted by molar-refractivity contribution is 0.106. The average molecular weight is 340 g/mol. The number of hydrogen-bond donors (Lipinski definition) is 3. The highest BCUT2D eigenvalue weighted by molar-refractivity contribution is 7.71. The number of carbonyl (C=O) groups is 1. The van der Waals surface area contributed by atoms with Crippen LogP contribution in [0.15, 0.2) is 24.4 Å². The zero-order valence-corrected chi connectivity index (χ0v) is 14.3. The van der Waals surface area contributed by atoms with Crippen molar-refractivity contribution >= 4 is 34.7 Å². The zero-order valence-electron chi connectivity index (χ0n) is 13.5. The molecule has 0 fully saturated rings. The number of aryl methyl sites for hydroxylation is 1. The highest BCUT2D eigenvalue weighted by atomic mass is 32.1. The maximum absolute atomic E-state index is 12.8. The molecule has 3 aromatic rings. The minimum absolute atomic E-state index is 0.146. The summed E-state index contributed by atoms with van der Waals surface area (Å²) in [5, 5.41) is 8.34. The van der Waals surface area contributed by atoms with E-state index in [2.05, 4.69) is 15.0 Å². The minimum atomic E-state index is -0.459. The Morgan fingerprint density at radius 1 is 1.29 bits per heavy atom. The van der Waals surface area contributed by atoms with Gasteiger partial charge in [-0.15, -0.1) is 0 Å². The monoisotopic (exact) mass is 340 g/mol. The van der Waals surface area contributed by atoms with Crippen molar-refractivity contribution in [1.82, 2.24) is 15.0 Å². The lowest BCUT2D eigenvalue weighted by atomic mass is 9.99. The van der Waals surface area contributed by atoms with Crippen molar-refractivity contribution in [2.24, 2.45) is 0 Å². The number of nitrogens with one attached hydrogen (secondary N) is 3. The molecule has 3 N–H and O–H groups in total. The number of methoxy groups -OCH3 is 1. The first-order chi connectivity index (χ1) is 11.4. The Kier molecular flexibility index (Phi) is 4.02. The molecule has 0 aliphatic carbocycles. The predicted octanol–water partition coefficient (Wildman–Crippen LogP) is 3.50. The summed E-state index contributed by atoms with van der Waals surface area (Å²) in [5.74, 6) is 0.152. The number of imidazole rings is 1. The molecule has 0 unspecified atom stereocenters. The van der Waals surface area contributed by atoms with Gasteiger partial charge in [-0.2, -0.15) is 0 Å². The number of ketones is 1. The van der Waals surface area contributed by atoms with Crippen LogP contribution in [0.1, 0.15) is 27.2 Å². The number of fused-ring (bicyclic) bond motifs is 1. The summed E-state index contributed by atoms with van der Waals surface area (Å²) in [5.41, 5.74) is 3.40.